The van der Waals surface area contributed by atoms with E-state index in [1.807, 2.05) is 24.4 Å². The summed E-state index contributed by atoms with van der Waals surface area (Å²) in [5, 5.41) is 13.2. The van der Waals surface area contributed by atoms with Gasteiger partial charge < -0.3 is 14.6 Å². The summed E-state index contributed by atoms with van der Waals surface area (Å²) in [6.07, 6.45) is 0. The van der Waals surface area contributed by atoms with E-state index in [0.717, 1.165) is 16.2 Å². The Labute approximate surface area is 203 Å². The summed E-state index contributed by atoms with van der Waals surface area (Å²) in [7, 11) is 1.56. The number of carbonyl (C=O) groups excluding carboxylic acids is 2. The van der Waals surface area contributed by atoms with Crippen molar-refractivity contribution in [3.63, 3.8) is 0 Å². The molecule has 1 unspecified atom stereocenters. The molecule has 0 saturated carbocycles. The summed E-state index contributed by atoms with van der Waals surface area (Å²) in [6, 6.07) is 15.2. The molecular weight excluding hydrogens is 450 g/mol. The molecule has 1 aromatic heterocycles. The van der Waals surface area contributed by atoms with E-state index in [1.54, 1.807) is 49.6 Å². The third kappa shape index (κ3) is 4.43. The predicted octanol–water partition coefficient (Wildman–Crippen LogP) is 5.73. The van der Waals surface area contributed by atoms with Gasteiger partial charge in [0.25, 0.3) is 11.7 Å². The zero-order chi connectivity index (χ0) is 24.4. The van der Waals surface area contributed by atoms with Crippen LogP contribution in [0.25, 0.3) is 5.76 Å². The molecule has 1 aliphatic heterocycles. The zero-order valence-electron chi connectivity index (χ0n) is 19.6. The van der Waals surface area contributed by atoms with Crippen molar-refractivity contribution in [2.24, 2.45) is 5.92 Å². The Balaban J connectivity index is 1.79. The van der Waals surface area contributed by atoms with E-state index in [9.17, 15) is 14.7 Å². The van der Waals surface area contributed by atoms with Gasteiger partial charge in [0, 0.05) is 16.1 Å². The first kappa shape index (κ1) is 23.6. The molecule has 1 fully saturated rings. The van der Waals surface area contributed by atoms with Crippen LogP contribution in [-0.2, 0) is 9.59 Å². The van der Waals surface area contributed by atoms with E-state index in [2.05, 4.69) is 13.8 Å². The zero-order valence-corrected chi connectivity index (χ0v) is 20.4. The molecule has 2 aromatic carbocycles. The van der Waals surface area contributed by atoms with E-state index in [-0.39, 0.29) is 11.3 Å². The van der Waals surface area contributed by atoms with Crippen LogP contribution in [0.5, 0.6) is 11.5 Å². The first-order chi connectivity index (χ1) is 16.3. The Hall–Kier alpha value is -3.58. The van der Waals surface area contributed by atoms with Crippen LogP contribution in [0.4, 0.5) is 5.69 Å². The highest BCUT2D eigenvalue weighted by Crippen LogP contribution is 2.44. The summed E-state index contributed by atoms with van der Waals surface area (Å²) in [4.78, 5) is 28.6. The lowest BCUT2D eigenvalue weighted by molar-refractivity contribution is -0.132. The van der Waals surface area contributed by atoms with Crippen molar-refractivity contribution in [3.8, 4) is 11.5 Å². The minimum absolute atomic E-state index is 0.0681. The molecule has 0 spiro atoms. The van der Waals surface area contributed by atoms with Gasteiger partial charge in [-0.1, -0.05) is 19.9 Å². The molecule has 34 heavy (non-hydrogen) atoms. The van der Waals surface area contributed by atoms with Crippen LogP contribution in [0, 0.1) is 12.8 Å². The van der Waals surface area contributed by atoms with Crippen LogP contribution < -0.4 is 14.4 Å². The lowest BCUT2D eigenvalue weighted by Crippen LogP contribution is -2.29. The first-order valence-electron chi connectivity index (χ1n) is 11.0. The number of benzene rings is 2. The minimum atomic E-state index is -0.731. The molecule has 4 rings (SSSR count). The van der Waals surface area contributed by atoms with Gasteiger partial charge in [-0.2, -0.15) is 0 Å². The summed E-state index contributed by atoms with van der Waals surface area (Å²) < 4.78 is 11.1. The maximum atomic E-state index is 13.2. The number of ketones is 1. The van der Waals surface area contributed by atoms with Crippen LogP contribution >= 0.6 is 11.3 Å². The topological polar surface area (TPSA) is 76.1 Å². The van der Waals surface area contributed by atoms with E-state index in [4.69, 9.17) is 9.47 Å². The quantitative estimate of drug-likeness (QED) is 0.267. The molecule has 6 nitrogen and oxygen atoms in total. The molecule has 1 N–H and O–H groups in total. The largest absolute Gasteiger partial charge is 0.507 e. The molecule has 3 aromatic rings. The summed E-state index contributed by atoms with van der Waals surface area (Å²) in [5.41, 5.74) is 1.91. The Morgan fingerprint density at radius 3 is 2.44 bits per heavy atom. The highest BCUT2D eigenvalue weighted by Gasteiger charge is 2.47. The third-order valence-corrected chi connectivity index (χ3v) is 6.55. The number of carbonyl (C=O) groups is 2. The second kappa shape index (κ2) is 9.73. The number of aryl methyl sites for hydroxylation is 1. The number of hydrogen-bond donors (Lipinski definition) is 1. The smallest absolute Gasteiger partial charge is 0.300 e. The van der Waals surface area contributed by atoms with Crippen LogP contribution in [0.2, 0.25) is 0 Å². The van der Waals surface area contributed by atoms with Crippen LogP contribution in [-0.4, -0.2) is 30.5 Å². The lowest BCUT2D eigenvalue weighted by Gasteiger charge is -2.24. The van der Waals surface area contributed by atoms with Gasteiger partial charge in [-0.25, -0.2) is 0 Å². The minimum Gasteiger partial charge on any atom is -0.507 e. The van der Waals surface area contributed by atoms with Gasteiger partial charge in [0.15, 0.2) is 0 Å². The molecule has 7 heteroatoms. The second-order valence-electron chi connectivity index (χ2n) is 8.57. The van der Waals surface area contributed by atoms with Crippen LogP contribution in [0.15, 0.2) is 65.6 Å². The van der Waals surface area contributed by atoms with E-state index < -0.39 is 17.7 Å². The number of ether oxygens (including phenoxy) is 2. The summed E-state index contributed by atoms with van der Waals surface area (Å²) in [6.45, 7) is 6.61. The average molecular weight is 478 g/mol. The van der Waals surface area contributed by atoms with E-state index in [1.165, 1.54) is 16.2 Å². The number of thiophene rings is 1. The molecule has 0 radical (unpaired) electrons. The second-order valence-corrected chi connectivity index (χ2v) is 9.55. The van der Waals surface area contributed by atoms with Gasteiger partial charge in [-0.3, -0.25) is 14.5 Å². The van der Waals surface area contributed by atoms with E-state index in [0.29, 0.717) is 29.5 Å². The Bertz CT molecular complexity index is 1230. The number of hydrogen-bond acceptors (Lipinski definition) is 6. The van der Waals surface area contributed by atoms with Crippen LogP contribution in [0.1, 0.15) is 35.9 Å². The monoisotopic (exact) mass is 477 g/mol. The maximum Gasteiger partial charge on any atom is 0.300 e. The van der Waals surface area contributed by atoms with Crippen molar-refractivity contribution in [2.45, 2.75) is 26.8 Å². The molecule has 1 atom stereocenters. The number of amides is 1. The summed E-state index contributed by atoms with van der Waals surface area (Å²) in [5.74, 6) is 0.142. The van der Waals surface area contributed by atoms with Crippen molar-refractivity contribution in [1.29, 1.82) is 0 Å². The number of aliphatic hydroxyl groups is 1. The Morgan fingerprint density at radius 2 is 1.85 bits per heavy atom. The molecule has 1 saturated heterocycles. The SMILES string of the molecule is COc1ccc(N2C(=O)C(=O)/C(=C(\O)c3ccc(OCC(C)C)c(C)c3)C2c2cccs2)cc1. The molecule has 1 aliphatic rings. The Kier molecular flexibility index (Phi) is 6.75. The summed E-state index contributed by atoms with van der Waals surface area (Å²) >= 11 is 1.43. The van der Waals surface area contributed by atoms with Crippen molar-refractivity contribution in [1.82, 2.24) is 0 Å². The molecule has 2 heterocycles. The fourth-order valence-corrected chi connectivity index (χ4v) is 4.75. The molecule has 1 amide bonds. The molecule has 0 aliphatic carbocycles. The van der Waals surface area contributed by atoms with Gasteiger partial charge >= 0.3 is 0 Å². The fourth-order valence-electron chi connectivity index (χ4n) is 3.93. The normalized spacial score (nSPS) is 17.4. The first-order valence-corrected chi connectivity index (χ1v) is 11.9. The van der Waals surface area contributed by atoms with Gasteiger partial charge in [0.2, 0.25) is 0 Å². The number of methoxy groups -OCH3 is 1. The predicted molar refractivity (Wildman–Crippen MR) is 134 cm³/mol. The van der Waals surface area contributed by atoms with Crippen molar-refractivity contribution in [3.05, 3.63) is 81.6 Å². The standard InChI is InChI=1S/C27H27NO5S/c1-16(2)15-33-21-12-7-18(14-17(21)3)25(29)23-24(22-6-5-13-34-22)28(27(31)26(23)30)19-8-10-20(32-4)11-9-19/h5-14,16,24,29H,15H2,1-4H3/b25-23-. The van der Waals surface area contributed by atoms with Gasteiger partial charge in [-0.15, -0.1) is 11.3 Å². The molecular formula is C27H27NO5S. The van der Waals surface area contributed by atoms with Crippen molar-refractivity contribution < 1.29 is 24.2 Å². The highest BCUT2D eigenvalue weighted by molar-refractivity contribution is 7.10. The fraction of sp³-hybridized carbons (Fsp3) is 0.259. The maximum absolute atomic E-state index is 13.2. The van der Waals surface area contributed by atoms with Crippen molar-refractivity contribution in [2.75, 3.05) is 18.6 Å². The van der Waals surface area contributed by atoms with Gasteiger partial charge in [0.1, 0.15) is 23.3 Å². The lowest BCUT2D eigenvalue weighted by atomic mass is 9.98. The van der Waals surface area contributed by atoms with Gasteiger partial charge in [0.05, 0.1) is 19.3 Å². The van der Waals surface area contributed by atoms with Crippen molar-refractivity contribution >= 4 is 34.5 Å². The number of rotatable bonds is 7. The highest BCUT2D eigenvalue weighted by atomic mass is 32.1. The van der Waals surface area contributed by atoms with Gasteiger partial charge in [-0.05, 0) is 72.3 Å². The average Bonchev–Trinajstić information content (AvgIpc) is 3.45. The number of anilines is 1. The molecule has 176 valence electrons. The number of aliphatic hydroxyl groups excluding tert-OH is 1. The van der Waals surface area contributed by atoms with E-state index >= 15 is 0 Å². The number of nitrogens with zero attached hydrogens (tertiary/aromatic N) is 1. The molecule has 0 bridgehead atoms. The Morgan fingerprint density at radius 1 is 1.12 bits per heavy atom. The van der Waals surface area contributed by atoms with Crippen LogP contribution in [0.3, 0.4) is 0 Å². The third-order valence-electron chi connectivity index (χ3n) is 5.63. The number of Topliss-reactive ketones (excluding diaryl/α,β-unsaturated/α-hetero) is 1.